The number of carbonyl (C=O) groups is 2. The fraction of sp³-hybridized carbons (Fsp3) is 0.467. The predicted molar refractivity (Wildman–Crippen MR) is 82.8 cm³/mol. The maximum absolute atomic E-state index is 12.3. The van der Waals surface area contributed by atoms with Crippen molar-refractivity contribution >= 4 is 11.9 Å². The lowest BCUT2D eigenvalue weighted by Gasteiger charge is -2.32. The van der Waals surface area contributed by atoms with Gasteiger partial charge in [0.15, 0.2) is 0 Å². The molecule has 0 aromatic carbocycles. The molecule has 0 spiro atoms. The van der Waals surface area contributed by atoms with Gasteiger partial charge in [-0.2, -0.15) is 0 Å². The van der Waals surface area contributed by atoms with E-state index in [-0.39, 0.29) is 29.6 Å². The van der Waals surface area contributed by atoms with Gasteiger partial charge >= 0.3 is 5.97 Å². The highest BCUT2D eigenvalue weighted by Gasteiger charge is 2.27. The number of aromatic carboxylic acids is 1. The Kier molecular flexibility index (Phi) is 4.83. The van der Waals surface area contributed by atoms with Crippen LogP contribution in [0.2, 0.25) is 0 Å². The lowest BCUT2D eigenvalue weighted by atomic mass is 9.86. The molecule has 124 valence electrons. The molecule has 23 heavy (non-hydrogen) atoms. The van der Waals surface area contributed by atoms with Gasteiger partial charge in [0.05, 0.1) is 24.9 Å². The fourth-order valence-electron chi connectivity index (χ4n) is 2.16. The van der Waals surface area contributed by atoms with Crippen molar-refractivity contribution in [2.24, 2.45) is 5.41 Å². The third-order valence-electron chi connectivity index (χ3n) is 3.58. The van der Waals surface area contributed by atoms with Crippen LogP contribution in [0.15, 0.2) is 31.2 Å². The van der Waals surface area contributed by atoms with Gasteiger partial charge in [-0.3, -0.25) is 4.79 Å². The van der Waals surface area contributed by atoms with E-state index in [4.69, 9.17) is 5.11 Å². The third kappa shape index (κ3) is 4.41. The van der Waals surface area contributed by atoms with Crippen LogP contribution in [0.25, 0.3) is 0 Å². The summed E-state index contributed by atoms with van der Waals surface area (Å²) in [5.41, 5.74) is -0.174. The minimum Gasteiger partial charge on any atom is -0.477 e. The maximum Gasteiger partial charge on any atom is 0.354 e. The first-order valence-corrected chi connectivity index (χ1v) is 7.26. The number of imidazole rings is 2. The molecular weight excluding hydrogens is 298 g/mol. The number of aromatic nitrogens is 4. The van der Waals surface area contributed by atoms with Crippen molar-refractivity contribution < 1.29 is 14.7 Å². The molecule has 0 aliphatic carbocycles. The van der Waals surface area contributed by atoms with Gasteiger partial charge in [0, 0.05) is 18.9 Å². The van der Waals surface area contributed by atoms with Crippen LogP contribution < -0.4 is 5.32 Å². The largest absolute Gasteiger partial charge is 0.477 e. The number of rotatable bonds is 6. The quantitative estimate of drug-likeness (QED) is 0.827. The number of hydrogen-bond acceptors (Lipinski definition) is 4. The summed E-state index contributed by atoms with van der Waals surface area (Å²) >= 11 is 0. The molecule has 2 aromatic heterocycles. The Morgan fingerprint density at radius 2 is 2.04 bits per heavy atom. The van der Waals surface area contributed by atoms with E-state index in [1.54, 1.807) is 12.5 Å². The number of carboxylic acid groups (broad SMARTS) is 1. The molecule has 0 bridgehead atoms. The second kappa shape index (κ2) is 6.64. The first kappa shape index (κ1) is 16.7. The van der Waals surface area contributed by atoms with E-state index in [1.165, 1.54) is 17.1 Å². The summed E-state index contributed by atoms with van der Waals surface area (Å²) in [6.45, 7) is 6.61. The van der Waals surface area contributed by atoms with Crippen molar-refractivity contribution in [1.29, 1.82) is 0 Å². The third-order valence-corrected chi connectivity index (χ3v) is 3.58. The van der Waals surface area contributed by atoms with Crippen molar-refractivity contribution in [3.8, 4) is 0 Å². The molecule has 0 aliphatic rings. The van der Waals surface area contributed by atoms with Crippen LogP contribution in [0, 0.1) is 5.41 Å². The van der Waals surface area contributed by atoms with Gasteiger partial charge < -0.3 is 19.6 Å². The molecule has 0 aliphatic heterocycles. The second-order valence-corrected chi connectivity index (χ2v) is 6.46. The normalized spacial score (nSPS) is 12.8. The summed E-state index contributed by atoms with van der Waals surface area (Å²) in [5, 5.41) is 12.0. The van der Waals surface area contributed by atoms with E-state index >= 15 is 0 Å². The number of nitrogens with zero attached hydrogens (tertiary/aromatic N) is 4. The van der Waals surface area contributed by atoms with E-state index in [9.17, 15) is 9.59 Å². The molecule has 0 fully saturated rings. The molecule has 1 unspecified atom stereocenters. The SMILES string of the molecule is CC(C)(C)C(Cn1ccnc1)NC(=O)Cn1cncc1C(=O)O. The van der Waals surface area contributed by atoms with Gasteiger partial charge in [-0.1, -0.05) is 20.8 Å². The van der Waals surface area contributed by atoms with Crippen LogP contribution >= 0.6 is 0 Å². The molecule has 0 saturated carbocycles. The lowest BCUT2D eigenvalue weighted by molar-refractivity contribution is -0.123. The van der Waals surface area contributed by atoms with Gasteiger partial charge in [0.1, 0.15) is 12.2 Å². The number of nitrogens with one attached hydrogen (secondary N) is 1. The smallest absolute Gasteiger partial charge is 0.354 e. The molecule has 1 amide bonds. The Balaban J connectivity index is 2.05. The van der Waals surface area contributed by atoms with Gasteiger partial charge in [0.25, 0.3) is 0 Å². The van der Waals surface area contributed by atoms with Gasteiger partial charge in [-0.15, -0.1) is 0 Å². The summed E-state index contributed by atoms with van der Waals surface area (Å²) < 4.78 is 3.21. The molecule has 2 aromatic rings. The van der Waals surface area contributed by atoms with Crippen LogP contribution in [0.5, 0.6) is 0 Å². The lowest BCUT2D eigenvalue weighted by Crippen LogP contribution is -2.47. The Labute approximate surface area is 134 Å². The van der Waals surface area contributed by atoms with Crippen LogP contribution in [-0.4, -0.2) is 42.1 Å². The molecule has 2 rings (SSSR count). The number of carbonyl (C=O) groups excluding carboxylic acids is 1. The molecule has 0 saturated heterocycles. The summed E-state index contributed by atoms with van der Waals surface area (Å²) in [5.74, 6) is -1.37. The first-order chi connectivity index (χ1) is 10.8. The average molecular weight is 319 g/mol. The Bertz CT molecular complexity index is 670. The van der Waals surface area contributed by atoms with Crippen molar-refractivity contribution in [1.82, 2.24) is 24.4 Å². The summed E-state index contributed by atoms with van der Waals surface area (Å²) in [4.78, 5) is 31.1. The maximum atomic E-state index is 12.3. The first-order valence-electron chi connectivity index (χ1n) is 7.26. The van der Waals surface area contributed by atoms with Gasteiger partial charge in [-0.05, 0) is 5.41 Å². The predicted octanol–water partition coefficient (Wildman–Crippen LogP) is 1.01. The van der Waals surface area contributed by atoms with Crippen molar-refractivity contribution in [3.05, 3.63) is 36.9 Å². The standard InChI is InChI=1S/C15H21N5O3/c1-15(2,3)12(7-19-5-4-16-9-19)18-13(21)8-20-10-17-6-11(20)14(22)23/h4-6,9-10,12H,7-8H2,1-3H3,(H,18,21)(H,22,23). The monoisotopic (exact) mass is 319 g/mol. The molecule has 2 heterocycles. The van der Waals surface area contributed by atoms with E-state index in [1.807, 2.05) is 31.5 Å². The molecular formula is C15H21N5O3. The number of amides is 1. The topological polar surface area (TPSA) is 102 Å². The Morgan fingerprint density at radius 1 is 1.30 bits per heavy atom. The molecule has 2 N–H and O–H groups in total. The summed E-state index contributed by atoms with van der Waals surface area (Å²) in [6.07, 6.45) is 7.78. The van der Waals surface area contributed by atoms with E-state index < -0.39 is 5.97 Å². The van der Waals surface area contributed by atoms with Crippen molar-refractivity contribution in [2.45, 2.75) is 39.9 Å². The zero-order valence-corrected chi connectivity index (χ0v) is 13.4. The van der Waals surface area contributed by atoms with Crippen molar-refractivity contribution in [2.75, 3.05) is 0 Å². The van der Waals surface area contributed by atoms with Crippen LogP contribution in [0.3, 0.4) is 0 Å². The second-order valence-electron chi connectivity index (χ2n) is 6.46. The molecule has 8 heteroatoms. The van der Waals surface area contributed by atoms with Gasteiger partial charge in [0.2, 0.25) is 5.91 Å². The highest BCUT2D eigenvalue weighted by molar-refractivity contribution is 5.86. The molecule has 8 nitrogen and oxygen atoms in total. The van der Waals surface area contributed by atoms with Crippen LogP contribution in [-0.2, 0) is 17.9 Å². The highest BCUT2D eigenvalue weighted by atomic mass is 16.4. The molecule has 0 radical (unpaired) electrons. The zero-order valence-electron chi connectivity index (χ0n) is 13.4. The highest BCUT2D eigenvalue weighted by Crippen LogP contribution is 2.20. The Morgan fingerprint density at radius 3 is 2.61 bits per heavy atom. The fourth-order valence-corrected chi connectivity index (χ4v) is 2.16. The van der Waals surface area contributed by atoms with Gasteiger partial charge in [-0.25, -0.2) is 14.8 Å². The molecule has 1 atom stereocenters. The average Bonchev–Trinajstić information content (AvgIpc) is 3.07. The van der Waals surface area contributed by atoms with E-state index in [0.29, 0.717) is 6.54 Å². The number of hydrogen-bond donors (Lipinski definition) is 2. The zero-order chi connectivity index (χ0) is 17.0. The Hall–Kier alpha value is -2.64. The van der Waals surface area contributed by atoms with E-state index in [0.717, 1.165) is 0 Å². The van der Waals surface area contributed by atoms with Crippen LogP contribution in [0.4, 0.5) is 0 Å². The summed E-state index contributed by atoms with van der Waals surface area (Å²) in [6, 6.07) is -0.124. The van der Waals surface area contributed by atoms with Crippen molar-refractivity contribution in [3.63, 3.8) is 0 Å². The van der Waals surface area contributed by atoms with Crippen LogP contribution in [0.1, 0.15) is 31.3 Å². The number of carboxylic acids is 1. The minimum atomic E-state index is -1.11. The van der Waals surface area contributed by atoms with E-state index in [2.05, 4.69) is 15.3 Å². The minimum absolute atomic E-state index is 0.0120. The summed E-state index contributed by atoms with van der Waals surface area (Å²) in [7, 11) is 0.